The Morgan fingerprint density at radius 2 is 2.07 bits per heavy atom. The number of nitrogens with one attached hydrogen (secondary N) is 2. The van der Waals surface area contributed by atoms with Crippen molar-refractivity contribution in [3.8, 4) is 11.5 Å². The van der Waals surface area contributed by atoms with E-state index in [4.69, 9.17) is 4.74 Å². The van der Waals surface area contributed by atoms with Crippen LogP contribution in [0.3, 0.4) is 0 Å². The number of aliphatic hydroxyl groups is 1. The standard InChI is InChI=1S/C22H27FN2O3/c1-13-7-15(5-6-18(13)23)10-22(3,4)24-11-20(27)17-8-16(26)9-19-21(17)28-12-14(2)25-19/h5-9,20,24-27H,2,10-12H2,1,3-4H3. The maximum atomic E-state index is 13.5. The highest BCUT2D eigenvalue weighted by Gasteiger charge is 2.25. The van der Waals surface area contributed by atoms with Gasteiger partial charge in [-0.05, 0) is 50.5 Å². The number of anilines is 1. The fourth-order valence-corrected chi connectivity index (χ4v) is 3.40. The van der Waals surface area contributed by atoms with E-state index in [1.807, 2.05) is 19.9 Å². The summed E-state index contributed by atoms with van der Waals surface area (Å²) >= 11 is 0. The highest BCUT2D eigenvalue weighted by molar-refractivity contribution is 5.67. The minimum Gasteiger partial charge on any atom is -0.508 e. The van der Waals surface area contributed by atoms with Crippen LogP contribution in [-0.2, 0) is 6.42 Å². The first-order chi connectivity index (χ1) is 13.1. The van der Waals surface area contributed by atoms with Crippen LogP contribution in [0.1, 0.15) is 36.6 Å². The Morgan fingerprint density at radius 1 is 1.32 bits per heavy atom. The third-order valence-electron chi connectivity index (χ3n) is 4.81. The fourth-order valence-electron chi connectivity index (χ4n) is 3.40. The molecule has 3 rings (SSSR count). The second kappa shape index (κ2) is 7.81. The molecule has 0 aromatic heterocycles. The van der Waals surface area contributed by atoms with Crippen molar-refractivity contribution in [3.05, 3.63) is 65.1 Å². The molecule has 1 atom stereocenters. The molecular weight excluding hydrogens is 359 g/mol. The summed E-state index contributed by atoms with van der Waals surface area (Å²) in [4.78, 5) is 0. The number of fused-ring (bicyclic) bond motifs is 1. The van der Waals surface area contributed by atoms with Crippen molar-refractivity contribution < 1.29 is 19.3 Å². The highest BCUT2D eigenvalue weighted by Crippen LogP contribution is 2.39. The number of β-amino-alcohol motifs (C(OH)–C–C–N with tert-alkyl or cyclic N) is 1. The Morgan fingerprint density at radius 3 is 2.79 bits per heavy atom. The molecule has 0 radical (unpaired) electrons. The van der Waals surface area contributed by atoms with E-state index in [0.717, 1.165) is 5.56 Å². The summed E-state index contributed by atoms with van der Waals surface area (Å²) in [6.45, 7) is 10.2. The Labute approximate surface area is 164 Å². The molecule has 0 amide bonds. The van der Waals surface area contributed by atoms with Crippen LogP contribution in [-0.4, -0.2) is 28.9 Å². The SMILES string of the molecule is C=C1COc2c(cc(O)cc2C(O)CNC(C)(C)Cc2ccc(F)c(C)c2)N1. The molecule has 0 aliphatic carbocycles. The number of hydrogen-bond donors (Lipinski definition) is 4. The lowest BCUT2D eigenvalue weighted by atomic mass is 9.93. The van der Waals surface area contributed by atoms with Crippen molar-refractivity contribution in [1.82, 2.24) is 5.32 Å². The van der Waals surface area contributed by atoms with Gasteiger partial charge in [-0.15, -0.1) is 0 Å². The number of aliphatic hydroxyl groups excluding tert-OH is 1. The van der Waals surface area contributed by atoms with E-state index in [-0.39, 0.29) is 23.7 Å². The number of hydrogen-bond acceptors (Lipinski definition) is 5. The van der Waals surface area contributed by atoms with E-state index >= 15 is 0 Å². The maximum Gasteiger partial charge on any atom is 0.149 e. The van der Waals surface area contributed by atoms with Crippen molar-refractivity contribution in [2.45, 2.75) is 38.8 Å². The third kappa shape index (κ3) is 4.64. The van der Waals surface area contributed by atoms with Crippen LogP contribution in [0.25, 0.3) is 0 Å². The molecule has 1 heterocycles. The summed E-state index contributed by atoms with van der Waals surface area (Å²) in [7, 11) is 0. The summed E-state index contributed by atoms with van der Waals surface area (Å²) in [6, 6.07) is 8.15. The lowest BCUT2D eigenvalue weighted by Gasteiger charge is -2.30. The van der Waals surface area contributed by atoms with E-state index < -0.39 is 6.10 Å². The minimum absolute atomic E-state index is 0.0413. The Hall–Kier alpha value is -2.57. The fraction of sp³-hybridized carbons (Fsp3) is 0.364. The number of halogens is 1. The molecule has 0 bridgehead atoms. The average Bonchev–Trinajstić information content (AvgIpc) is 2.61. The minimum atomic E-state index is -0.872. The van der Waals surface area contributed by atoms with E-state index in [1.165, 1.54) is 12.1 Å². The first-order valence-corrected chi connectivity index (χ1v) is 9.27. The van der Waals surface area contributed by atoms with Crippen molar-refractivity contribution in [2.24, 2.45) is 0 Å². The van der Waals surface area contributed by atoms with Gasteiger partial charge in [0.2, 0.25) is 0 Å². The molecule has 28 heavy (non-hydrogen) atoms. The van der Waals surface area contributed by atoms with Gasteiger partial charge in [0, 0.05) is 29.4 Å². The predicted molar refractivity (Wildman–Crippen MR) is 108 cm³/mol. The monoisotopic (exact) mass is 386 g/mol. The van der Waals surface area contributed by atoms with Crippen molar-refractivity contribution >= 4 is 5.69 Å². The molecule has 1 unspecified atom stereocenters. The normalized spacial score (nSPS) is 14.8. The Balaban J connectivity index is 1.70. The Bertz CT molecular complexity index is 896. The molecule has 0 saturated heterocycles. The predicted octanol–water partition coefficient (Wildman–Crippen LogP) is 3.80. The summed E-state index contributed by atoms with van der Waals surface area (Å²) < 4.78 is 19.2. The van der Waals surface area contributed by atoms with E-state index in [1.54, 1.807) is 19.1 Å². The van der Waals surface area contributed by atoms with E-state index in [2.05, 4.69) is 17.2 Å². The molecule has 150 valence electrons. The first-order valence-electron chi connectivity index (χ1n) is 9.27. The zero-order valence-electron chi connectivity index (χ0n) is 16.5. The van der Waals surface area contributed by atoms with Crippen LogP contribution in [0.5, 0.6) is 11.5 Å². The molecular formula is C22H27FN2O3. The molecule has 4 N–H and O–H groups in total. The first kappa shape index (κ1) is 20.2. The molecule has 1 aliphatic rings. The van der Waals surface area contributed by atoms with Gasteiger partial charge < -0.3 is 25.6 Å². The zero-order chi connectivity index (χ0) is 20.5. The van der Waals surface area contributed by atoms with Crippen LogP contribution >= 0.6 is 0 Å². The van der Waals surface area contributed by atoms with Crippen molar-refractivity contribution in [3.63, 3.8) is 0 Å². The maximum absolute atomic E-state index is 13.5. The largest absolute Gasteiger partial charge is 0.508 e. The smallest absolute Gasteiger partial charge is 0.149 e. The van der Waals surface area contributed by atoms with Gasteiger partial charge >= 0.3 is 0 Å². The van der Waals surface area contributed by atoms with Gasteiger partial charge in [-0.2, -0.15) is 0 Å². The molecule has 6 heteroatoms. The molecule has 2 aromatic carbocycles. The zero-order valence-corrected chi connectivity index (χ0v) is 16.5. The van der Waals surface area contributed by atoms with Gasteiger partial charge in [0.15, 0.2) is 0 Å². The van der Waals surface area contributed by atoms with Gasteiger partial charge in [0.1, 0.15) is 23.9 Å². The van der Waals surface area contributed by atoms with Gasteiger partial charge in [-0.1, -0.05) is 18.7 Å². The molecule has 1 aliphatic heterocycles. The van der Waals surface area contributed by atoms with E-state index in [0.29, 0.717) is 41.3 Å². The van der Waals surface area contributed by atoms with Crippen molar-refractivity contribution in [1.29, 1.82) is 0 Å². The molecule has 2 aromatic rings. The molecule has 5 nitrogen and oxygen atoms in total. The summed E-state index contributed by atoms with van der Waals surface area (Å²) in [6.07, 6.45) is -0.195. The summed E-state index contributed by atoms with van der Waals surface area (Å²) in [5.41, 5.74) is 3.10. The lowest BCUT2D eigenvalue weighted by molar-refractivity contribution is 0.155. The van der Waals surface area contributed by atoms with Crippen LogP contribution in [0, 0.1) is 12.7 Å². The number of phenolic OH excluding ortho intramolecular Hbond substituents is 1. The van der Waals surface area contributed by atoms with Crippen molar-refractivity contribution in [2.75, 3.05) is 18.5 Å². The van der Waals surface area contributed by atoms with E-state index in [9.17, 15) is 14.6 Å². The second-order valence-corrected chi connectivity index (χ2v) is 7.97. The molecule has 0 saturated carbocycles. The quantitative estimate of drug-likeness (QED) is 0.608. The van der Waals surface area contributed by atoms with Gasteiger partial charge in [-0.3, -0.25) is 0 Å². The second-order valence-electron chi connectivity index (χ2n) is 7.97. The lowest BCUT2D eigenvalue weighted by Crippen LogP contribution is -2.43. The highest BCUT2D eigenvalue weighted by atomic mass is 19.1. The van der Waals surface area contributed by atoms with Crippen LogP contribution < -0.4 is 15.4 Å². The molecule has 0 fully saturated rings. The number of aromatic hydroxyl groups is 1. The number of ether oxygens (including phenoxy) is 1. The van der Waals surface area contributed by atoms with Crippen LogP contribution in [0.4, 0.5) is 10.1 Å². The average molecular weight is 386 g/mol. The Kier molecular flexibility index (Phi) is 5.63. The van der Waals surface area contributed by atoms with Crippen LogP contribution in [0.15, 0.2) is 42.6 Å². The van der Waals surface area contributed by atoms with Gasteiger partial charge in [0.25, 0.3) is 0 Å². The van der Waals surface area contributed by atoms with Gasteiger partial charge in [-0.25, -0.2) is 4.39 Å². The summed E-state index contributed by atoms with van der Waals surface area (Å²) in [5, 5.41) is 27.1. The number of rotatable bonds is 6. The number of benzene rings is 2. The number of phenols is 1. The topological polar surface area (TPSA) is 73.8 Å². The molecule has 0 spiro atoms. The third-order valence-corrected chi connectivity index (χ3v) is 4.81. The van der Waals surface area contributed by atoms with Gasteiger partial charge in [0.05, 0.1) is 11.8 Å². The summed E-state index contributed by atoms with van der Waals surface area (Å²) in [5.74, 6) is 0.348. The van der Waals surface area contributed by atoms with Crippen LogP contribution in [0.2, 0.25) is 0 Å². The number of aryl methyl sites for hydroxylation is 1.